The first-order valence-corrected chi connectivity index (χ1v) is 13.6. The maximum absolute atomic E-state index is 14.4. The summed E-state index contributed by atoms with van der Waals surface area (Å²) in [6.07, 6.45) is 2.33. The zero-order valence-corrected chi connectivity index (χ0v) is 21.1. The van der Waals surface area contributed by atoms with E-state index in [1.807, 2.05) is 6.92 Å². The summed E-state index contributed by atoms with van der Waals surface area (Å²) in [5, 5.41) is 21.2. The Morgan fingerprint density at radius 2 is 1.84 bits per heavy atom. The first-order chi connectivity index (χ1) is 17.8. The van der Waals surface area contributed by atoms with Gasteiger partial charge in [0.25, 0.3) is 0 Å². The number of rotatable bonds is 8. The highest BCUT2D eigenvalue weighted by molar-refractivity contribution is 7.89. The Morgan fingerprint density at radius 3 is 2.59 bits per heavy atom. The number of anilines is 2. The van der Waals surface area contributed by atoms with E-state index in [4.69, 9.17) is 0 Å². The van der Waals surface area contributed by atoms with Crippen molar-refractivity contribution in [3.63, 3.8) is 0 Å². The van der Waals surface area contributed by atoms with Crippen LogP contribution in [0.3, 0.4) is 0 Å². The van der Waals surface area contributed by atoms with E-state index < -0.39 is 21.6 Å². The van der Waals surface area contributed by atoms with Crippen molar-refractivity contribution in [1.82, 2.24) is 19.8 Å². The minimum Gasteiger partial charge on any atom is -0.505 e. The Hall–Kier alpha value is -3.67. The van der Waals surface area contributed by atoms with Gasteiger partial charge in [-0.3, -0.25) is 0 Å². The third kappa shape index (κ3) is 5.53. The van der Waals surface area contributed by atoms with Gasteiger partial charge in [-0.05, 0) is 86.4 Å². The fourth-order valence-electron chi connectivity index (χ4n) is 4.49. The van der Waals surface area contributed by atoms with E-state index in [9.17, 15) is 17.9 Å². The summed E-state index contributed by atoms with van der Waals surface area (Å²) in [7, 11) is -3.59. The summed E-state index contributed by atoms with van der Waals surface area (Å²) in [5.74, 6) is -0.737. The Labute approximate surface area is 214 Å². The van der Waals surface area contributed by atoms with Gasteiger partial charge in [0.1, 0.15) is 11.0 Å². The van der Waals surface area contributed by atoms with Crippen molar-refractivity contribution in [2.45, 2.75) is 24.7 Å². The maximum atomic E-state index is 14.4. The molecule has 1 saturated heterocycles. The highest BCUT2D eigenvalue weighted by Gasteiger charge is 2.18. The van der Waals surface area contributed by atoms with Gasteiger partial charge >= 0.3 is 5.95 Å². The summed E-state index contributed by atoms with van der Waals surface area (Å²) >= 11 is 0. The van der Waals surface area contributed by atoms with E-state index in [0.29, 0.717) is 41.3 Å². The summed E-state index contributed by atoms with van der Waals surface area (Å²) in [6.45, 7) is 4.99. The summed E-state index contributed by atoms with van der Waals surface area (Å²) in [4.78, 5) is 5.63. The lowest BCUT2D eigenvalue weighted by Gasteiger charge is -2.14. The molecule has 0 bridgehead atoms. The molecule has 2 heterocycles. The second-order valence-electron chi connectivity index (χ2n) is 9.10. The smallest absolute Gasteiger partial charge is 0.417 e. The van der Waals surface area contributed by atoms with E-state index in [1.54, 1.807) is 36.4 Å². The number of likely N-dealkylation sites (tertiary alicyclic amines) is 1. The number of sulfonamides is 1. The standard InChI is InChI=1S/C26H27FN6O3S/c1-17-15-18(21-5-4-6-23(34)24(21)27)16-22-25(17)30-26(32-31-22)29-19-7-9-20(10-8-19)37(35,36)28-11-14-33-12-2-3-13-33/h4-10,15-16,28,34H,2-3,11-14H2,1H3,(H,29,30,32)/p+1. The molecular formula is C26H28FN6O3S+. The lowest BCUT2D eigenvalue weighted by molar-refractivity contribution is -0.332. The molecule has 0 unspecified atom stereocenters. The molecule has 192 valence electrons. The van der Waals surface area contributed by atoms with Crippen molar-refractivity contribution in [3.05, 3.63) is 66.0 Å². The van der Waals surface area contributed by atoms with E-state index in [0.717, 1.165) is 18.7 Å². The normalized spacial score (nSPS) is 14.3. The van der Waals surface area contributed by atoms with Crippen LogP contribution in [0.15, 0.2) is 59.5 Å². The minimum absolute atomic E-state index is 0.190. The number of halogens is 1. The monoisotopic (exact) mass is 523 g/mol. The lowest BCUT2D eigenvalue weighted by atomic mass is 10.0. The molecule has 0 radical (unpaired) electrons. The predicted octanol–water partition coefficient (Wildman–Crippen LogP) is 3.38. The largest absolute Gasteiger partial charge is 0.505 e. The van der Waals surface area contributed by atoms with Crippen LogP contribution in [0, 0.1) is 12.7 Å². The molecule has 1 aliphatic heterocycles. The lowest BCUT2D eigenvalue weighted by Crippen LogP contribution is -2.33. The van der Waals surface area contributed by atoms with Crippen LogP contribution in [-0.2, 0) is 10.0 Å². The van der Waals surface area contributed by atoms with Crippen LogP contribution < -0.4 is 15.0 Å². The Bertz CT molecular complexity index is 1540. The van der Waals surface area contributed by atoms with Crippen LogP contribution in [-0.4, -0.2) is 54.8 Å². The van der Waals surface area contributed by atoms with Gasteiger partial charge in [-0.2, -0.15) is 0 Å². The van der Waals surface area contributed by atoms with Crippen LogP contribution in [0.25, 0.3) is 22.2 Å². The summed E-state index contributed by atoms with van der Waals surface area (Å²) < 4.78 is 42.3. The SMILES string of the molecule is Cc1cc(-c2cccc(O)c2F)cc2nnc(Nc3ccc(S(=O)(=O)NCCN4CCCC4)cc3)[nH+]c12. The van der Waals surface area contributed by atoms with Gasteiger partial charge in [-0.25, -0.2) is 27.8 Å². The van der Waals surface area contributed by atoms with E-state index >= 15 is 0 Å². The fraction of sp³-hybridized carbons (Fsp3) is 0.269. The third-order valence-electron chi connectivity index (χ3n) is 6.45. The van der Waals surface area contributed by atoms with Gasteiger partial charge in [0.2, 0.25) is 10.0 Å². The van der Waals surface area contributed by atoms with Crippen molar-refractivity contribution in [2.24, 2.45) is 0 Å². The Balaban J connectivity index is 1.29. The van der Waals surface area contributed by atoms with Gasteiger partial charge < -0.3 is 10.0 Å². The molecule has 4 aromatic rings. The molecule has 11 heteroatoms. The van der Waals surface area contributed by atoms with Gasteiger partial charge in [-0.1, -0.05) is 17.2 Å². The van der Waals surface area contributed by atoms with Gasteiger partial charge in [0.15, 0.2) is 11.6 Å². The quantitative estimate of drug-likeness (QED) is 0.324. The highest BCUT2D eigenvalue weighted by atomic mass is 32.2. The fourth-order valence-corrected chi connectivity index (χ4v) is 5.51. The van der Waals surface area contributed by atoms with Crippen LogP contribution in [0.5, 0.6) is 5.75 Å². The second-order valence-corrected chi connectivity index (χ2v) is 10.9. The van der Waals surface area contributed by atoms with E-state index in [-0.39, 0.29) is 10.5 Å². The van der Waals surface area contributed by atoms with Gasteiger partial charge in [-0.15, -0.1) is 0 Å². The number of nitrogens with one attached hydrogen (secondary N) is 3. The average molecular weight is 524 g/mol. The topological polar surface area (TPSA) is 122 Å². The number of nitrogens with zero attached hydrogens (tertiary/aromatic N) is 3. The number of hydrogen-bond donors (Lipinski definition) is 3. The highest BCUT2D eigenvalue weighted by Crippen LogP contribution is 2.30. The molecule has 1 fully saturated rings. The Kier molecular flexibility index (Phi) is 7.00. The number of phenolic OH excluding ortho intramolecular Hbond substituents is 1. The summed E-state index contributed by atoms with van der Waals surface area (Å²) in [5.41, 5.74) is 3.54. The van der Waals surface area contributed by atoms with Gasteiger partial charge in [0.05, 0.1) is 10.6 Å². The second kappa shape index (κ2) is 10.4. The maximum Gasteiger partial charge on any atom is 0.417 e. The zero-order valence-electron chi connectivity index (χ0n) is 20.3. The molecule has 0 spiro atoms. The molecule has 1 aromatic heterocycles. The number of aryl methyl sites for hydroxylation is 1. The van der Waals surface area contributed by atoms with Crippen LogP contribution in [0.2, 0.25) is 0 Å². The first kappa shape index (κ1) is 25.0. The summed E-state index contributed by atoms with van der Waals surface area (Å²) in [6, 6.07) is 14.4. The van der Waals surface area contributed by atoms with Crippen LogP contribution in [0.1, 0.15) is 18.4 Å². The van der Waals surface area contributed by atoms with Crippen molar-refractivity contribution in [3.8, 4) is 16.9 Å². The predicted molar refractivity (Wildman–Crippen MR) is 138 cm³/mol. The number of aromatic nitrogens is 3. The number of hydrogen-bond acceptors (Lipinski definition) is 7. The molecule has 9 nitrogen and oxygen atoms in total. The molecule has 3 aromatic carbocycles. The third-order valence-corrected chi connectivity index (χ3v) is 7.93. The number of phenols is 1. The van der Waals surface area contributed by atoms with Crippen molar-refractivity contribution < 1.29 is 22.9 Å². The molecule has 0 saturated carbocycles. The number of fused-ring (bicyclic) bond motifs is 1. The number of aromatic hydroxyl groups is 1. The van der Waals surface area contributed by atoms with Crippen LogP contribution in [0.4, 0.5) is 16.0 Å². The zero-order chi connectivity index (χ0) is 26.0. The van der Waals surface area contributed by atoms with E-state index in [2.05, 4.69) is 30.1 Å². The molecule has 0 aliphatic carbocycles. The minimum atomic E-state index is -3.59. The average Bonchev–Trinajstić information content (AvgIpc) is 3.40. The first-order valence-electron chi connectivity index (χ1n) is 12.1. The molecule has 0 amide bonds. The van der Waals surface area contributed by atoms with Gasteiger partial charge in [0, 0.05) is 23.8 Å². The molecule has 5 rings (SSSR count). The van der Waals surface area contributed by atoms with Crippen molar-refractivity contribution in [2.75, 3.05) is 31.5 Å². The molecule has 37 heavy (non-hydrogen) atoms. The Morgan fingerprint density at radius 1 is 1.08 bits per heavy atom. The number of aromatic amines is 1. The number of benzene rings is 3. The molecule has 1 aliphatic rings. The molecular weight excluding hydrogens is 495 g/mol. The van der Waals surface area contributed by atoms with Crippen LogP contribution >= 0.6 is 0 Å². The molecule has 4 N–H and O–H groups in total. The van der Waals surface area contributed by atoms with Crippen molar-refractivity contribution >= 4 is 32.7 Å². The van der Waals surface area contributed by atoms with Crippen molar-refractivity contribution in [1.29, 1.82) is 0 Å². The van der Waals surface area contributed by atoms with E-state index in [1.165, 1.54) is 31.0 Å². The number of H-pyrrole nitrogens is 1. The molecule has 0 atom stereocenters.